The number of rotatable bonds is 3. The van der Waals surface area contributed by atoms with E-state index in [-0.39, 0.29) is 23.5 Å². The van der Waals surface area contributed by atoms with Gasteiger partial charge in [-0.15, -0.1) is 0 Å². The van der Waals surface area contributed by atoms with E-state index >= 15 is 0 Å². The van der Waals surface area contributed by atoms with Crippen LogP contribution in [-0.4, -0.2) is 34.8 Å². The third kappa shape index (κ3) is 3.11. The van der Waals surface area contributed by atoms with Gasteiger partial charge < -0.3 is 15.1 Å². The highest BCUT2D eigenvalue weighted by Gasteiger charge is 2.29. The van der Waals surface area contributed by atoms with E-state index in [2.05, 4.69) is 4.98 Å². The molecule has 2 aromatic rings. The first kappa shape index (κ1) is 15.3. The van der Waals surface area contributed by atoms with Crippen LogP contribution in [0, 0.1) is 12.8 Å². The normalized spacial score (nSPS) is 15.6. The molecule has 23 heavy (non-hydrogen) atoms. The lowest BCUT2D eigenvalue weighted by Gasteiger charge is -2.29. The zero-order valence-corrected chi connectivity index (χ0v) is 13.0. The zero-order chi connectivity index (χ0) is 16.4. The van der Waals surface area contributed by atoms with Gasteiger partial charge in [0.1, 0.15) is 0 Å². The summed E-state index contributed by atoms with van der Waals surface area (Å²) in [4.78, 5) is 29.9. The van der Waals surface area contributed by atoms with E-state index in [0.29, 0.717) is 37.5 Å². The Labute approximate surface area is 134 Å². The highest BCUT2D eigenvalue weighted by Crippen LogP contribution is 2.24. The van der Waals surface area contributed by atoms with Crippen LogP contribution in [0.25, 0.3) is 11.5 Å². The topological polar surface area (TPSA) is 89.4 Å². The number of oxazole rings is 1. The van der Waals surface area contributed by atoms with E-state index in [1.807, 2.05) is 30.3 Å². The van der Waals surface area contributed by atoms with Crippen molar-refractivity contribution in [3.8, 4) is 11.5 Å². The smallest absolute Gasteiger partial charge is 0.291 e. The molecule has 0 saturated carbocycles. The minimum absolute atomic E-state index is 0.144. The molecule has 2 amide bonds. The molecular weight excluding hydrogens is 294 g/mol. The number of nitrogens with zero attached hydrogens (tertiary/aromatic N) is 2. The SMILES string of the molecule is Cc1nc(-c2ccccc2)oc1C(=O)N1CCC(C(N)=O)CC1. The van der Waals surface area contributed by atoms with Gasteiger partial charge in [0.05, 0.1) is 5.69 Å². The van der Waals surface area contributed by atoms with E-state index in [1.165, 1.54) is 0 Å². The van der Waals surface area contributed by atoms with Gasteiger partial charge in [-0.05, 0) is 31.9 Å². The first-order chi connectivity index (χ1) is 11.1. The Morgan fingerprint density at radius 3 is 2.48 bits per heavy atom. The van der Waals surface area contributed by atoms with E-state index in [0.717, 1.165) is 5.56 Å². The van der Waals surface area contributed by atoms with Crippen LogP contribution in [0.15, 0.2) is 34.7 Å². The third-order valence-electron chi connectivity index (χ3n) is 4.20. The Bertz CT molecular complexity index is 716. The van der Waals surface area contributed by atoms with Crippen molar-refractivity contribution in [2.75, 3.05) is 13.1 Å². The number of aromatic nitrogens is 1. The summed E-state index contributed by atoms with van der Waals surface area (Å²) in [6, 6.07) is 9.47. The molecule has 1 aromatic carbocycles. The highest BCUT2D eigenvalue weighted by molar-refractivity contribution is 5.93. The summed E-state index contributed by atoms with van der Waals surface area (Å²) in [7, 11) is 0. The molecule has 1 aliphatic heterocycles. The average molecular weight is 313 g/mol. The van der Waals surface area contributed by atoms with Crippen molar-refractivity contribution in [2.45, 2.75) is 19.8 Å². The summed E-state index contributed by atoms with van der Waals surface area (Å²) >= 11 is 0. The molecule has 0 atom stereocenters. The van der Waals surface area contributed by atoms with E-state index in [1.54, 1.807) is 11.8 Å². The fourth-order valence-corrected chi connectivity index (χ4v) is 2.81. The number of amides is 2. The maximum absolute atomic E-state index is 12.6. The molecule has 0 bridgehead atoms. The molecule has 2 heterocycles. The monoisotopic (exact) mass is 313 g/mol. The second kappa shape index (κ2) is 6.24. The van der Waals surface area contributed by atoms with E-state index in [9.17, 15) is 9.59 Å². The van der Waals surface area contributed by atoms with Crippen molar-refractivity contribution in [1.82, 2.24) is 9.88 Å². The van der Waals surface area contributed by atoms with Crippen LogP contribution in [-0.2, 0) is 4.79 Å². The van der Waals surface area contributed by atoms with Gasteiger partial charge in [-0.25, -0.2) is 4.98 Å². The van der Waals surface area contributed by atoms with Crippen LogP contribution >= 0.6 is 0 Å². The van der Waals surface area contributed by atoms with Crippen molar-refractivity contribution in [1.29, 1.82) is 0 Å². The predicted molar refractivity (Wildman–Crippen MR) is 84.5 cm³/mol. The molecule has 6 heteroatoms. The number of aryl methyl sites for hydroxylation is 1. The summed E-state index contributed by atoms with van der Waals surface area (Å²) in [5.41, 5.74) is 6.73. The quantitative estimate of drug-likeness (QED) is 0.938. The summed E-state index contributed by atoms with van der Waals surface area (Å²) in [5, 5.41) is 0. The van der Waals surface area contributed by atoms with Crippen LogP contribution in [0.5, 0.6) is 0 Å². The van der Waals surface area contributed by atoms with Gasteiger partial charge in [0, 0.05) is 24.6 Å². The number of hydrogen-bond acceptors (Lipinski definition) is 4. The van der Waals surface area contributed by atoms with Crippen molar-refractivity contribution < 1.29 is 14.0 Å². The molecule has 2 N–H and O–H groups in total. The van der Waals surface area contributed by atoms with Gasteiger partial charge >= 0.3 is 0 Å². The van der Waals surface area contributed by atoms with Crippen molar-refractivity contribution in [3.63, 3.8) is 0 Å². The maximum Gasteiger partial charge on any atom is 0.291 e. The lowest BCUT2D eigenvalue weighted by atomic mass is 9.96. The van der Waals surface area contributed by atoms with Crippen LogP contribution in [0.4, 0.5) is 0 Å². The lowest BCUT2D eigenvalue weighted by molar-refractivity contribution is -0.123. The van der Waals surface area contributed by atoms with Crippen LogP contribution in [0.3, 0.4) is 0 Å². The highest BCUT2D eigenvalue weighted by atomic mass is 16.4. The Hall–Kier alpha value is -2.63. The van der Waals surface area contributed by atoms with E-state index < -0.39 is 0 Å². The summed E-state index contributed by atoms with van der Waals surface area (Å²) in [6.07, 6.45) is 1.19. The molecule has 0 unspecified atom stereocenters. The first-order valence-electron chi connectivity index (χ1n) is 7.67. The molecule has 1 fully saturated rings. The van der Waals surface area contributed by atoms with Crippen molar-refractivity contribution in [2.24, 2.45) is 11.7 Å². The molecule has 120 valence electrons. The number of primary amides is 1. The van der Waals surface area contributed by atoms with Gasteiger partial charge in [-0.1, -0.05) is 18.2 Å². The number of carbonyl (C=O) groups excluding carboxylic acids is 2. The summed E-state index contributed by atoms with van der Waals surface area (Å²) in [6.45, 7) is 2.78. The van der Waals surface area contributed by atoms with Gasteiger partial charge in [-0.2, -0.15) is 0 Å². The second-order valence-corrected chi connectivity index (χ2v) is 5.77. The fraction of sp³-hybridized carbons (Fsp3) is 0.353. The number of piperidine rings is 1. The Kier molecular flexibility index (Phi) is 4.14. The number of nitrogens with two attached hydrogens (primary N) is 1. The Morgan fingerprint density at radius 2 is 1.87 bits per heavy atom. The Morgan fingerprint density at radius 1 is 1.22 bits per heavy atom. The minimum atomic E-state index is -0.292. The molecule has 0 radical (unpaired) electrons. The molecule has 1 aromatic heterocycles. The Balaban J connectivity index is 1.76. The third-order valence-corrected chi connectivity index (χ3v) is 4.20. The largest absolute Gasteiger partial charge is 0.431 e. The predicted octanol–water partition coefficient (Wildman–Crippen LogP) is 1.99. The number of carbonyl (C=O) groups is 2. The van der Waals surface area contributed by atoms with Crippen LogP contribution in [0.2, 0.25) is 0 Å². The first-order valence-corrected chi connectivity index (χ1v) is 7.67. The minimum Gasteiger partial charge on any atom is -0.431 e. The van der Waals surface area contributed by atoms with Crippen LogP contribution < -0.4 is 5.73 Å². The molecule has 0 spiro atoms. The van der Waals surface area contributed by atoms with E-state index in [4.69, 9.17) is 10.2 Å². The zero-order valence-electron chi connectivity index (χ0n) is 13.0. The number of likely N-dealkylation sites (tertiary alicyclic amines) is 1. The van der Waals surface area contributed by atoms with Gasteiger partial charge in [-0.3, -0.25) is 9.59 Å². The van der Waals surface area contributed by atoms with Gasteiger partial charge in [0.2, 0.25) is 17.6 Å². The molecule has 1 aliphatic rings. The summed E-state index contributed by atoms with van der Waals surface area (Å²) in [5.74, 6) is 0.0917. The molecule has 0 aliphatic carbocycles. The number of benzene rings is 1. The molecule has 6 nitrogen and oxygen atoms in total. The fourth-order valence-electron chi connectivity index (χ4n) is 2.81. The average Bonchev–Trinajstić information content (AvgIpc) is 2.97. The van der Waals surface area contributed by atoms with Crippen molar-refractivity contribution >= 4 is 11.8 Å². The second-order valence-electron chi connectivity index (χ2n) is 5.77. The maximum atomic E-state index is 12.6. The standard InChI is InChI=1S/C17H19N3O3/c1-11-14(23-16(19-11)13-5-3-2-4-6-13)17(22)20-9-7-12(8-10-20)15(18)21/h2-6,12H,7-10H2,1H3,(H2,18,21). The molecule has 3 rings (SSSR count). The van der Waals surface area contributed by atoms with Crippen LogP contribution in [0.1, 0.15) is 29.1 Å². The molecular formula is C17H19N3O3. The number of hydrogen-bond donors (Lipinski definition) is 1. The van der Waals surface area contributed by atoms with Crippen molar-refractivity contribution in [3.05, 3.63) is 41.8 Å². The van der Waals surface area contributed by atoms with Gasteiger partial charge in [0.25, 0.3) is 5.91 Å². The van der Waals surface area contributed by atoms with Gasteiger partial charge in [0.15, 0.2) is 0 Å². The lowest BCUT2D eigenvalue weighted by Crippen LogP contribution is -2.41. The summed E-state index contributed by atoms with van der Waals surface area (Å²) < 4.78 is 5.70. The molecule has 1 saturated heterocycles.